The second-order valence-electron chi connectivity index (χ2n) is 5.78. The first kappa shape index (κ1) is 16.1. The second-order valence-corrected chi connectivity index (χ2v) is 5.78. The van der Waals surface area contributed by atoms with E-state index < -0.39 is 6.10 Å². The first-order valence-electron chi connectivity index (χ1n) is 8.08. The Labute approximate surface area is 141 Å². The van der Waals surface area contributed by atoms with Gasteiger partial charge in [-0.15, -0.1) is 0 Å². The minimum atomic E-state index is -0.607. The van der Waals surface area contributed by atoms with Gasteiger partial charge in [0.15, 0.2) is 11.9 Å². The van der Waals surface area contributed by atoms with Gasteiger partial charge >= 0.3 is 0 Å². The van der Waals surface area contributed by atoms with Crippen LogP contribution in [-0.2, 0) is 11.2 Å². The lowest BCUT2D eigenvalue weighted by Gasteiger charge is -2.25. The van der Waals surface area contributed by atoms with Gasteiger partial charge < -0.3 is 15.4 Å². The van der Waals surface area contributed by atoms with Crippen molar-refractivity contribution in [2.45, 2.75) is 25.9 Å². The highest BCUT2D eigenvalue weighted by molar-refractivity contribution is 6.03. The van der Waals surface area contributed by atoms with E-state index in [4.69, 9.17) is 4.74 Å². The summed E-state index contributed by atoms with van der Waals surface area (Å²) in [6.07, 6.45) is 1.17. The van der Waals surface area contributed by atoms with E-state index >= 15 is 0 Å². The maximum Gasteiger partial charge on any atom is 0.265 e. The number of carbonyl (C=O) groups excluding carboxylic acids is 2. The number of para-hydroxylation sites is 1. The number of fused-ring (bicyclic) bond motifs is 1. The first-order chi connectivity index (χ1) is 11.6. The van der Waals surface area contributed by atoms with E-state index in [0.717, 1.165) is 12.8 Å². The summed E-state index contributed by atoms with van der Waals surface area (Å²) in [5.41, 5.74) is 2.23. The molecule has 1 aliphatic heterocycles. The van der Waals surface area contributed by atoms with Gasteiger partial charge in [0, 0.05) is 6.54 Å². The summed E-state index contributed by atoms with van der Waals surface area (Å²) >= 11 is 0. The molecule has 5 heteroatoms. The molecule has 2 aromatic carbocycles. The van der Waals surface area contributed by atoms with E-state index in [2.05, 4.69) is 22.8 Å². The number of hydrogen-bond acceptors (Lipinski definition) is 3. The number of ether oxygens (including phenoxy) is 1. The molecule has 1 heterocycles. The molecule has 0 spiro atoms. The topological polar surface area (TPSA) is 67.4 Å². The normalized spacial score (nSPS) is 15.9. The zero-order chi connectivity index (χ0) is 16.9. The summed E-state index contributed by atoms with van der Waals surface area (Å²) in [5, 5.41) is 5.66. The van der Waals surface area contributed by atoms with Gasteiger partial charge in [0.1, 0.15) is 0 Å². The molecule has 0 saturated carbocycles. The van der Waals surface area contributed by atoms with Crippen LogP contribution in [0.1, 0.15) is 29.3 Å². The zero-order valence-electron chi connectivity index (χ0n) is 13.5. The first-order valence-corrected chi connectivity index (χ1v) is 8.08. The number of hydrogen-bond donors (Lipinski definition) is 2. The number of rotatable bonds is 5. The predicted molar refractivity (Wildman–Crippen MR) is 92.3 cm³/mol. The van der Waals surface area contributed by atoms with Gasteiger partial charge in [-0.3, -0.25) is 9.59 Å². The summed E-state index contributed by atoms with van der Waals surface area (Å²) in [7, 11) is 0. The van der Waals surface area contributed by atoms with E-state index in [-0.39, 0.29) is 11.8 Å². The van der Waals surface area contributed by atoms with Crippen LogP contribution in [0.15, 0.2) is 48.5 Å². The molecular weight excluding hydrogens is 304 g/mol. The number of nitrogens with one attached hydrogen (secondary N) is 2. The predicted octanol–water partition coefficient (Wildman–Crippen LogP) is 2.77. The van der Waals surface area contributed by atoms with E-state index in [9.17, 15) is 9.59 Å². The maximum atomic E-state index is 12.4. The standard InChI is InChI=1S/C19H20N2O3/c1-13-18(22)21-16-11-5-10-15(17(16)24-13)19(23)20-12-6-9-14-7-3-2-4-8-14/h2-5,7-8,10-11,13H,6,9,12H2,1H3,(H,20,23)(H,21,22). The van der Waals surface area contributed by atoms with Crippen molar-refractivity contribution in [3.8, 4) is 5.75 Å². The van der Waals surface area contributed by atoms with E-state index in [1.165, 1.54) is 5.56 Å². The third-order valence-electron chi connectivity index (χ3n) is 3.95. The Bertz CT molecular complexity index is 744. The molecule has 2 N–H and O–H groups in total. The number of aryl methyl sites for hydroxylation is 1. The van der Waals surface area contributed by atoms with Crippen molar-refractivity contribution >= 4 is 17.5 Å². The Hall–Kier alpha value is -2.82. The molecule has 0 saturated heterocycles. The largest absolute Gasteiger partial charge is 0.478 e. The van der Waals surface area contributed by atoms with E-state index in [1.807, 2.05) is 18.2 Å². The quantitative estimate of drug-likeness (QED) is 0.831. The van der Waals surface area contributed by atoms with E-state index in [1.54, 1.807) is 25.1 Å². The Morgan fingerprint density at radius 3 is 2.75 bits per heavy atom. The fourth-order valence-electron chi connectivity index (χ4n) is 2.64. The van der Waals surface area contributed by atoms with Crippen LogP contribution in [-0.4, -0.2) is 24.5 Å². The molecule has 24 heavy (non-hydrogen) atoms. The Morgan fingerprint density at radius 2 is 1.96 bits per heavy atom. The molecule has 1 aliphatic rings. The van der Waals surface area contributed by atoms with Crippen molar-refractivity contribution in [2.24, 2.45) is 0 Å². The lowest BCUT2D eigenvalue weighted by molar-refractivity contribution is -0.122. The minimum absolute atomic E-state index is 0.191. The van der Waals surface area contributed by atoms with Gasteiger partial charge in [0.2, 0.25) is 0 Å². The van der Waals surface area contributed by atoms with Crippen LogP contribution in [0.5, 0.6) is 5.75 Å². The van der Waals surface area contributed by atoms with Crippen LogP contribution in [0, 0.1) is 0 Å². The SMILES string of the molecule is CC1Oc2c(cccc2C(=O)NCCCc2ccccc2)NC1=O. The van der Waals surface area contributed by atoms with E-state index in [0.29, 0.717) is 23.5 Å². The molecule has 3 rings (SSSR count). The summed E-state index contributed by atoms with van der Waals surface area (Å²) < 4.78 is 5.60. The number of amides is 2. The zero-order valence-corrected chi connectivity index (χ0v) is 13.5. The van der Waals surface area contributed by atoms with Gasteiger partial charge in [-0.2, -0.15) is 0 Å². The van der Waals surface area contributed by atoms with Crippen LogP contribution in [0.2, 0.25) is 0 Å². The highest BCUT2D eigenvalue weighted by atomic mass is 16.5. The molecule has 2 aromatic rings. The smallest absolute Gasteiger partial charge is 0.265 e. The lowest BCUT2D eigenvalue weighted by atomic mass is 10.1. The van der Waals surface area contributed by atoms with Gasteiger partial charge in [0.05, 0.1) is 11.3 Å². The molecule has 0 bridgehead atoms. The van der Waals surface area contributed by atoms with Crippen molar-refractivity contribution in [2.75, 3.05) is 11.9 Å². The maximum absolute atomic E-state index is 12.4. The molecule has 0 aromatic heterocycles. The molecule has 1 atom stereocenters. The van der Waals surface area contributed by atoms with Gasteiger partial charge in [0.25, 0.3) is 11.8 Å². The van der Waals surface area contributed by atoms with Crippen LogP contribution in [0.25, 0.3) is 0 Å². The summed E-state index contributed by atoms with van der Waals surface area (Å²) in [4.78, 5) is 24.1. The van der Waals surface area contributed by atoms with Crippen molar-refractivity contribution in [1.82, 2.24) is 5.32 Å². The molecule has 1 unspecified atom stereocenters. The van der Waals surface area contributed by atoms with Crippen LogP contribution in [0.4, 0.5) is 5.69 Å². The molecule has 0 aliphatic carbocycles. The molecule has 5 nitrogen and oxygen atoms in total. The number of benzene rings is 2. The minimum Gasteiger partial charge on any atom is -0.478 e. The fourth-order valence-corrected chi connectivity index (χ4v) is 2.64. The average Bonchev–Trinajstić information content (AvgIpc) is 2.60. The number of carbonyl (C=O) groups is 2. The third kappa shape index (κ3) is 3.56. The monoisotopic (exact) mass is 324 g/mol. The van der Waals surface area contributed by atoms with Gasteiger partial charge in [-0.1, -0.05) is 36.4 Å². The molecule has 0 radical (unpaired) electrons. The van der Waals surface area contributed by atoms with Gasteiger partial charge in [-0.25, -0.2) is 0 Å². The van der Waals surface area contributed by atoms with Crippen LogP contribution in [0.3, 0.4) is 0 Å². The highest BCUT2D eigenvalue weighted by Crippen LogP contribution is 2.33. The third-order valence-corrected chi connectivity index (χ3v) is 3.95. The van der Waals surface area contributed by atoms with Crippen molar-refractivity contribution < 1.29 is 14.3 Å². The summed E-state index contributed by atoms with van der Waals surface area (Å²) in [5.74, 6) is 0.0383. The highest BCUT2D eigenvalue weighted by Gasteiger charge is 2.27. The molecule has 124 valence electrons. The van der Waals surface area contributed by atoms with Crippen LogP contribution >= 0.6 is 0 Å². The van der Waals surface area contributed by atoms with Gasteiger partial charge in [-0.05, 0) is 37.5 Å². The Balaban J connectivity index is 1.60. The Morgan fingerprint density at radius 1 is 1.17 bits per heavy atom. The molecule has 2 amide bonds. The van der Waals surface area contributed by atoms with Crippen molar-refractivity contribution in [3.63, 3.8) is 0 Å². The molecule has 0 fully saturated rings. The van der Waals surface area contributed by atoms with Crippen LogP contribution < -0.4 is 15.4 Å². The fraction of sp³-hybridized carbons (Fsp3) is 0.263. The summed E-state index contributed by atoms with van der Waals surface area (Å²) in [6, 6.07) is 15.3. The Kier molecular flexibility index (Phi) is 4.79. The molecular formula is C19H20N2O3. The van der Waals surface area contributed by atoms with Crippen molar-refractivity contribution in [3.05, 3.63) is 59.7 Å². The van der Waals surface area contributed by atoms with Crippen molar-refractivity contribution in [1.29, 1.82) is 0 Å². The summed E-state index contributed by atoms with van der Waals surface area (Å²) in [6.45, 7) is 2.24. The average molecular weight is 324 g/mol. The lowest BCUT2D eigenvalue weighted by Crippen LogP contribution is -2.36. The number of anilines is 1. The second kappa shape index (κ2) is 7.17.